The summed E-state index contributed by atoms with van der Waals surface area (Å²) in [6, 6.07) is 13.4. The van der Waals surface area contributed by atoms with Crippen molar-refractivity contribution in [1.29, 1.82) is 0 Å². The third-order valence-electron chi connectivity index (χ3n) is 4.25. The normalized spacial score (nSPS) is 10.6. The number of benzene rings is 2. The number of hydrogen-bond acceptors (Lipinski definition) is 4. The summed E-state index contributed by atoms with van der Waals surface area (Å²) in [5.41, 5.74) is 2.78. The molecule has 0 aromatic heterocycles. The van der Waals surface area contributed by atoms with Crippen LogP contribution in [0.25, 0.3) is 0 Å². The molecule has 0 saturated heterocycles. The van der Waals surface area contributed by atoms with Crippen LogP contribution in [0.5, 0.6) is 11.5 Å². The lowest BCUT2D eigenvalue weighted by Gasteiger charge is -2.13. The Morgan fingerprint density at radius 3 is 2.41 bits per heavy atom. The van der Waals surface area contributed by atoms with E-state index in [0.29, 0.717) is 24.6 Å². The van der Waals surface area contributed by atoms with Crippen molar-refractivity contribution < 1.29 is 14.3 Å². The highest BCUT2D eigenvalue weighted by molar-refractivity contribution is 14.0. The Bertz CT molecular complexity index is 827. The van der Waals surface area contributed by atoms with Crippen molar-refractivity contribution in [1.82, 2.24) is 16.0 Å². The highest BCUT2D eigenvalue weighted by Gasteiger charge is 2.06. The lowest BCUT2D eigenvalue weighted by Crippen LogP contribution is -2.37. The Morgan fingerprint density at radius 2 is 1.76 bits per heavy atom. The summed E-state index contributed by atoms with van der Waals surface area (Å²) < 4.78 is 10.6. The van der Waals surface area contributed by atoms with E-state index in [1.807, 2.05) is 36.4 Å². The molecule has 2 aromatic carbocycles. The lowest BCUT2D eigenvalue weighted by molar-refractivity contribution is 0.0963. The number of aliphatic imine (C=N–C) groups is 1. The van der Waals surface area contributed by atoms with Gasteiger partial charge in [-0.1, -0.05) is 18.2 Å². The standard InChI is InChI=1S/C21H28N4O3.HI/c1-22-20(26)17-7-5-6-16(12-17)14-25-21(23-2)24-11-10-15-8-9-18(27-3)19(13-15)28-4;/h5-9,12-13H,10-11,14H2,1-4H3,(H,22,26)(H2,23,24,25);1H. The SMILES string of the molecule is CN=C(NCCc1ccc(OC)c(OC)c1)NCc1cccc(C(=O)NC)c1.I. The molecule has 0 fully saturated rings. The molecule has 29 heavy (non-hydrogen) atoms. The molecule has 0 radical (unpaired) electrons. The molecule has 0 spiro atoms. The van der Waals surface area contributed by atoms with Gasteiger partial charge in [0.15, 0.2) is 17.5 Å². The monoisotopic (exact) mass is 512 g/mol. The second-order valence-electron chi connectivity index (χ2n) is 6.07. The fourth-order valence-electron chi connectivity index (χ4n) is 2.73. The van der Waals surface area contributed by atoms with Gasteiger partial charge < -0.3 is 25.4 Å². The zero-order valence-electron chi connectivity index (χ0n) is 17.2. The van der Waals surface area contributed by atoms with E-state index in [2.05, 4.69) is 20.9 Å². The number of guanidine groups is 1. The van der Waals surface area contributed by atoms with Crippen molar-refractivity contribution in [2.75, 3.05) is 34.9 Å². The van der Waals surface area contributed by atoms with Gasteiger partial charge in [0, 0.05) is 32.7 Å². The van der Waals surface area contributed by atoms with Gasteiger partial charge in [0.05, 0.1) is 14.2 Å². The summed E-state index contributed by atoms with van der Waals surface area (Å²) in [5, 5.41) is 9.18. The summed E-state index contributed by atoms with van der Waals surface area (Å²) in [4.78, 5) is 16.0. The van der Waals surface area contributed by atoms with Crippen LogP contribution in [-0.4, -0.2) is 46.7 Å². The van der Waals surface area contributed by atoms with Crippen LogP contribution in [0.1, 0.15) is 21.5 Å². The van der Waals surface area contributed by atoms with Gasteiger partial charge in [0.1, 0.15) is 0 Å². The molecule has 158 valence electrons. The molecule has 0 atom stereocenters. The third kappa shape index (κ3) is 7.45. The van der Waals surface area contributed by atoms with Gasteiger partial charge in [0.2, 0.25) is 0 Å². The molecular weight excluding hydrogens is 483 g/mol. The van der Waals surface area contributed by atoms with Gasteiger partial charge in [-0.15, -0.1) is 24.0 Å². The molecule has 0 unspecified atom stereocenters. The summed E-state index contributed by atoms with van der Waals surface area (Å²) in [6.07, 6.45) is 0.813. The molecule has 0 aliphatic rings. The molecule has 2 rings (SSSR count). The quantitative estimate of drug-likeness (QED) is 0.288. The van der Waals surface area contributed by atoms with Gasteiger partial charge >= 0.3 is 0 Å². The molecule has 3 N–H and O–H groups in total. The van der Waals surface area contributed by atoms with E-state index in [1.165, 1.54) is 0 Å². The highest BCUT2D eigenvalue weighted by Crippen LogP contribution is 2.27. The van der Waals surface area contributed by atoms with Crippen LogP contribution >= 0.6 is 24.0 Å². The Morgan fingerprint density at radius 1 is 1.00 bits per heavy atom. The zero-order chi connectivity index (χ0) is 20.4. The maximum atomic E-state index is 11.7. The number of rotatable bonds is 8. The first-order valence-corrected chi connectivity index (χ1v) is 9.07. The number of hydrogen-bond donors (Lipinski definition) is 3. The molecule has 0 aliphatic carbocycles. The number of carbonyl (C=O) groups excluding carboxylic acids is 1. The van der Waals surface area contributed by atoms with Gasteiger partial charge in [0.25, 0.3) is 5.91 Å². The van der Waals surface area contributed by atoms with E-state index in [1.54, 1.807) is 34.4 Å². The van der Waals surface area contributed by atoms with E-state index in [-0.39, 0.29) is 29.9 Å². The average Bonchev–Trinajstić information content (AvgIpc) is 2.75. The Balaban J connectivity index is 0.00000420. The van der Waals surface area contributed by atoms with E-state index >= 15 is 0 Å². The summed E-state index contributed by atoms with van der Waals surface area (Å²) >= 11 is 0. The highest BCUT2D eigenvalue weighted by atomic mass is 127. The molecular formula is C21H29IN4O3. The molecule has 8 heteroatoms. The van der Waals surface area contributed by atoms with Gasteiger partial charge in [-0.2, -0.15) is 0 Å². The van der Waals surface area contributed by atoms with Crippen molar-refractivity contribution in [3.05, 3.63) is 59.2 Å². The summed E-state index contributed by atoms with van der Waals surface area (Å²) in [5.74, 6) is 2.04. The maximum Gasteiger partial charge on any atom is 0.251 e. The summed E-state index contributed by atoms with van der Waals surface area (Å²) in [6.45, 7) is 1.29. The Kier molecular flexibility index (Phi) is 10.9. The molecule has 7 nitrogen and oxygen atoms in total. The van der Waals surface area contributed by atoms with Crippen LogP contribution in [-0.2, 0) is 13.0 Å². The fourth-order valence-corrected chi connectivity index (χ4v) is 2.73. The molecule has 2 aromatic rings. The fraction of sp³-hybridized carbons (Fsp3) is 0.333. The second-order valence-corrected chi connectivity index (χ2v) is 6.07. The molecule has 1 amide bonds. The average molecular weight is 512 g/mol. The number of carbonyl (C=O) groups is 1. The van der Waals surface area contributed by atoms with Crippen molar-refractivity contribution in [3.63, 3.8) is 0 Å². The number of nitrogens with zero attached hydrogens (tertiary/aromatic N) is 1. The Labute approximate surface area is 189 Å². The molecule has 0 heterocycles. The zero-order valence-corrected chi connectivity index (χ0v) is 19.6. The lowest BCUT2D eigenvalue weighted by atomic mass is 10.1. The summed E-state index contributed by atoms with van der Waals surface area (Å²) in [7, 11) is 6.61. The molecule has 0 saturated carbocycles. The number of ether oxygens (including phenoxy) is 2. The van der Waals surface area contributed by atoms with Crippen molar-refractivity contribution in [2.45, 2.75) is 13.0 Å². The molecule has 0 bridgehead atoms. The third-order valence-corrected chi connectivity index (χ3v) is 4.25. The Hall–Kier alpha value is -2.49. The first-order valence-electron chi connectivity index (χ1n) is 9.07. The van der Waals surface area contributed by atoms with Crippen LogP contribution in [0, 0.1) is 0 Å². The molecule has 0 aliphatic heterocycles. The largest absolute Gasteiger partial charge is 0.493 e. The van der Waals surface area contributed by atoms with Gasteiger partial charge in [-0.25, -0.2) is 0 Å². The predicted molar refractivity (Wildman–Crippen MR) is 127 cm³/mol. The second kappa shape index (κ2) is 12.9. The van der Waals surface area contributed by atoms with Gasteiger partial charge in [-0.3, -0.25) is 9.79 Å². The van der Waals surface area contributed by atoms with Crippen LogP contribution < -0.4 is 25.4 Å². The van der Waals surface area contributed by atoms with Crippen molar-refractivity contribution in [2.24, 2.45) is 4.99 Å². The maximum absolute atomic E-state index is 11.7. The van der Waals surface area contributed by atoms with Crippen molar-refractivity contribution >= 4 is 35.8 Å². The minimum absolute atomic E-state index is 0. The first kappa shape index (κ1) is 24.5. The predicted octanol–water partition coefficient (Wildman–Crippen LogP) is 2.59. The van der Waals surface area contributed by atoms with E-state index in [4.69, 9.17) is 9.47 Å². The van der Waals surface area contributed by atoms with Gasteiger partial charge in [-0.05, 0) is 41.8 Å². The van der Waals surface area contributed by atoms with Crippen LogP contribution in [0.15, 0.2) is 47.5 Å². The number of nitrogens with one attached hydrogen (secondary N) is 3. The van der Waals surface area contributed by atoms with Crippen LogP contribution in [0.2, 0.25) is 0 Å². The minimum Gasteiger partial charge on any atom is -0.493 e. The number of methoxy groups -OCH3 is 2. The first-order chi connectivity index (χ1) is 13.6. The minimum atomic E-state index is -0.0979. The number of halogens is 1. The number of amides is 1. The van der Waals surface area contributed by atoms with E-state index in [0.717, 1.165) is 29.0 Å². The van der Waals surface area contributed by atoms with E-state index in [9.17, 15) is 4.79 Å². The van der Waals surface area contributed by atoms with Crippen LogP contribution in [0.4, 0.5) is 0 Å². The smallest absolute Gasteiger partial charge is 0.251 e. The van der Waals surface area contributed by atoms with E-state index < -0.39 is 0 Å². The van der Waals surface area contributed by atoms with Crippen LogP contribution in [0.3, 0.4) is 0 Å². The topological polar surface area (TPSA) is 84.0 Å². The van der Waals surface area contributed by atoms with Crippen molar-refractivity contribution in [3.8, 4) is 11.5 Å².